The minimum atomic E-state index is -0.256. The molecule has 0 bridgehead atoms. The Hall–Kier alpha value is -1.43. The summed E-state index contributed by atoms with van der Waals surface area (Å²) < 4.78 is 13.0. The number of thiophene rings is 1. The molecule has 0 aliphatic carbocycles. The van der Waals surface area contributed by atoms with Crippen molar-refractivity contribution >= 4 is 29.7 Å². The summed E-state index contributed by atoms with van der Waals surface area (Å²) in [7, 11) is 0. The van der Waals surface area contributed by atoms with Crippen LogP contribution >= 0.6 is 23.7 Å². The molecule has 1 fully saturated rings. The van der Waals surface area contributed by atoms with E-state index >= 15 is 0 Å². The van der Waals surface area contributed by atoms with E-state index in [0.717, 1.165) is 21.7 Å². The fourth-order valence-electron chi connectivity index (χ4n) is 2.93. The van der Waals surface area contributed by atoms with E-state index in [0.29, 0.717) is 13.1 Å². The number of rotatable bonds is 2. The molecule has 1 aliphatic heterocycles. The van der Waals surface area contributed by atoms with Crippen molar-refractivity contribution in [1.29, 1.82) is 0 Å². The standard InChI is InChI=1S/C18H21FN2OS.ClH/c1-18(2)11-21(10-9-16(18)20)17(22)15-8-7-14(23-15)12-3-5-13(19)6-4-12;/h3-8,16H,9-11,20H2,1-2H3;1H. The first kappa shape index (κ1) is 18.9. The van der Waals surface area contributed by atoms with Crippen molar-refractivity contribution in [1.82, 2.24) is 4.90 Å². The number of piperidine rings is 1. The van der Waals surface area contributed by atoms with Gasteiger partial charge in [0.2, 0.25) is 0 Å². The van der Waals surface area contributed by atoms with Crippen molar-refractivity contribution in [3.8, 4) is 10.4 Å². The highest BCUT2D eigenvalue weighted by Crippen LogP contribution is 2.32. The van der Waals surface area contributed by atoms with Crippen LogP contribution in [0.2, 0.25) is 0 Å². The van der Waals surface area contributed by atoms with Gasteiger partial charge in [0.15, 0.2) is 0 Å². The first-order chi connectivity index (χ1) is 10.9. The quantitative estimate of drug-likeness (QED) is 0.864. The number of amides is 1. The molecule has 2 aromatic rings. The Morgan fingerprint density at radius 3 is 2.54 bits per heavy atom. The maximum Gasteiger partial charge on any atom is 0.263 e. The number of carbonyl (C=O) groups excluding carboxylic acids is 1. The molecule has 1 aromatic carbocycles. The Morgan fingerprint density at radius 1 is 1.25 bits per heavy atom. The van der Waals surface area contributed by atoms with Gasteiger partial charge in [0.05, 0.1) is 4.88 Å². The number of benzene rings is 1. The van der Waals surface area contributed by atoms with Crippen LogP contribution in [-0.2, 0) is 0 Å². The SMILES string of the molecule is CC1(C)CN(C(=O)c2ccc(-c3ccc(F)cc3)s2)CCC1N.Cl. The predicted octanol–water partition coefficient (Wildman–Crippen LogP) is 4.18. The topological polar surface area (TPSA) is 46.3 Å². The van der Waals surface area contributed by atoms with Gasteiger partial charge in [-0.25, -0.2) is 4.39 Å². The third kappa shape index (κ3) is 3.79. The van der Waals surface area contributed by atoms with Gasteiger partial charge in [-0.15, -0.1) is 23.7 Å². The molecule has 6 heteroatoms. The summed E-state index contributed by atoms with van der Waals surface area (Å²) in [6, 6.07) is 10.2. The maximum absolute atomic E-state index is 13.0. The molecule has 1 atom stereocenters. The lowest BCUT2D eigenvalue weighted by Crippen LogP contribution is -2.53. The first-order valence-electron chi connectivity index (χ1n) is 7.77. The fraction of sp³-hybridized carbons (Fsp3) is 0.389. The van der Waals surface area contributed by atoms with E-state index in [1.165, 1.54) is 23.5 Å². The molecule has 0 radical (unpaired) electrons. The summed E-state index contributed by atoms with van der Waals surface area (Å²) in [5.74, 6) is -0.197. The van der Waals surface area contributed by atoms with Crippen LogP contribution in [0.5, 0.6) is 0 Å². The number of nitrogens with zero attached hydrogens (tertiary/aromatic N) is 1. The molecule has 2 heterocycles. The lowest BCUT2D eigenvalue weighted by atomic mass is 9.79. The van der Waals surface area contributed by atoms with Crippen molar-refractivity contribution < 1.29 is 9.18 Å². The molecule has 1 amide bonds. The van der Waals surface area contributed by atoms with Gasteiger partial charge in [-0.2, -0.15) is 0 Å². The molecule has 1 aliphatic rings. The van der Waals surface area contributed by atoms with E-state index in [4.69, 9.17) is 5.73 Å². The molecule has 3 nitrogen and oxygen atoms in total. The normalized spacial score (nSPS) is 19.7. The van der Waals surface area contributed by atoms with Gasteiger partial charge in [-0.3, -0.25) is 4.79 Å². The number of halogens is 2. The summed E-state index contributed by atoms with van der Waals surface area (Å²) in [6.45, 7) is 5.59. The van der Waals surface area contributed by atoms with Gasteiger partial charge < -0.3 is 10.6 Å². The van der Waals surface area contributed by atoms with Crippen molar-refractivity contribution in [2.45, 2.75) is 26.3 Å². The number of carbonyl (C=O) groups is 1. The zero-order valence-corrected chi connectivity index (χ0v) is 15.4. The largest absolute Gasteiger partial charge is 0.337 e. The summed E-state index contributed by atoms with van der Waals surface area (Å²) in [5, 5.41) is 0. The molecule has 24 heavy (non-hydrogen) atoms. The second-order valence-electron chi connectivity index (χ2n) is 6.78. The zero-order chi connectivity index (χ0) is 16.6. The Labute approximate surface area is 152 Å². The highest BCUT2D eigenvalue weighted by atomic mass is 35.5. The van der Waals surface area contributed by atoms with Gasteiger partial charge in [0.1, 0.15) is 5.82 Å². The molecule has 130 valence electrons. The van der Waals surface area contributed by atoms with Crippen molar-refractivity contribution in [3.05, 3.63) is 47.1 Å². The second kappa shape index (κ2) is 7.21. The van der Waals surface area contributed by atoms with Crippen LogP contribution in [0.15, 0.2) is 36.4 Å². The summed E-state index contributed by atoms with van der Waals surface area (Å²) in [5.41, 5.74) is 7.00. The Kier molecular flexibility index (Phi) is 5.68. The van der Waals surface area contributed by atoms with Crippen LogP contribution in [0.4, 0.5) is 4.39 Å². The average molecular weight is 369 g/mol. The lowest BCUT2D eigenvalue weighted by Gasteiger charge is -2.42. The highest BCUT2D eigenvalue weighted by molar-refractivity contribution is 7.17. The third-order valence-corrected chi connectivity index (χ3v) is 5.67. The van der Waals surface area contributed by atoms with E-state index < -0.39 is 0 Å². The highest BCUT2D eigenvalue weighted by Gasteiger charge is 2.35. The van der Waals surface area contributed by atoms with Gasteiger partial charge in [-0.1, -0.05) is 26.0 Å². The van der Waals surface area contributed by atoms with E-state index in [1.54, 1.807) is 12.1 Å². The van der Waals surface area contributed by atoms with Crippen LogP contribution in [0.25, 0.3) is 10.4 Å². The Morgan fingerprint density at radius 2 is 1.92 bits per heavy atom. The van der Waals surface area contributed by atoms with Crippen LogP contribution in [-0.4, -0.2) is 29.9 Å². The van der Waals surface area contributed by atoms with Crippen molar-refractivity contribution in [3.63, 3.8) is 0 Å². The molecule has 1 saturated heterocycles. The lowest BCUT2D eigenvalue weighted by molar-refractivity contribution is 0.0537. The van der Waals surface area contributed by atoms with E-state index in [-0.39, 0.29) is 35.6 Å². The van der Waals surface area contributed by atoms with E-state index in [2.05, 4.69) is 13.8 Å². The Balaban J connectivity index is 0.00000208. The van der Waals surface area contributed by atoms with Crippen molar-refractivity contribution in [2.75, 3.05) is 13.1 Å². The van der Waals surface area contributed by atoms with Gasteiger partial charge >= 0.3 is 0 Å². The molecular formula is C18H22ClFN2OS. The molecule has 2 N–H and O–H groups in total. The number of likely N-dealkylation sites (tertiary alicyclic amines) is 1. The number of nitrogens with two attached hydrogens (primary N) is 1. The minimum Gasteiger partial charge on any atom is -0.337 e. The fourth-order valence-corrected chi connectivity index (χ4v) is 3.90. The average Bonchev–Trinajstić information content (AvgIpc) is 3.00. The monoisotopic (exact) mass is 368 g/mol. The molecule has 1 unspecified atom stereocenters. The van der Waals surface area contributed by atoms with Gasteiger partial charge in [0.25, 0.3) is 5.91 Å². The minimum absolute atomic E-state index is 0. The first-order valence-corrected chi connectivity index (χ1v) is 8.59. The number of hydrogen-bond acceptors (Lipinski definition) is 3. The van der Waals surface area contributed by atoms with Crippen molar-refractivity contribution in [2.24, 2.45) is 11.1 Å². The smallest absolute Gasteiger partial charge is 0.263 e. The van der Waals surface area contributed by atoms with E-state index in [1.807, 2.05) is 17.0 Å². The predicted molar refractivity (Wildman–Crippen MR) is 99.2 cm³/mol. The van der Waals surface area contributed by atoms with Crippen LogP contribution in [0.1, 0.15) is 29.9 Å². The molecule has 0 spiro atoms. The Bertz CT molecular complexity index is 714. The molecule has 1 aromatic heterocycles. The second-order valence-corrected chi connectivity index (χ2v) is 7.87. The molecule has 3 rings (SSSR count). The van der Waals surface area contributed by atoms with Crippen LogP contribution in [0.3, 0.4) is 0 Å². The van der Waals surface area contributed by atoms with Gasteiger partial charge in [0, 0.05) is 24.0 Å². The number of hydrogen-bond donors (Lipinski definition) is 1. The van der Waals surface area contributed by atoms with Crippen LogP contribution in [0, 0.1) is 11.2 Å². The summed E-state index contributed by atoms with van der Waals surface area (Å²) >= 11 is 1.45. The van der Waals surface area contributed by atoms with Gasteiger partial charge in [-0.05, 0) is 41.7 Å². The summed E-state index contributed by atoms with van der Waals surface area (Å²) in [6.07, 6.45) is 0.828. The summed E-state index contributed by atoms with van der Waals surface area (Å²) in [4.78, 5) is 16.3. The zero-order valence-electron chi connectivity index (χ0n) is 13.8. The third-order valence-electron chi connectivity index (χ3n) is 4.54. The molecular weight excluding hydrogens is 347 g/mol. The molecule has 0 saturated carbocycles. The van der Waals surface area contributed by atoms with E-state index in [9.17, 15) is 9.18 Å². The van der Waals surface area contributed by atoms with Crippen LogP contribution < -0.4 is 5.73 Å². The maximum atomic E-state index is 13.0.